The summed E-state index contributed by atoms with van der Waals surface area (Å²) in [7, 11) is 1.52. The summed E-state index contributed by atoms with van der Waals surface area (Å²) < 4.78 is 43.1. The van der Waals surface area contributed by atoms with Gasteiger partial charge in [0.2, 0.25) is 5.91 Å². The number of hydrogen-bond donors (Lipinski definition) is 1. The van der Waals surface area contributed by atoms with E-state index >= 15 is 0 Å². The molecule has 7 heteroatoms. The Morgan fingerprint density at radius 2 is 2.00 bits per heavy atom. The summed E-state index contributed by atoms with van der Waals surface area (Å²) in [5.41, 5.74) is -2.11. The average Bonchev–Trinajstić information content (AvgIpc) is 2.83. The number of amides is 1. The highest BCUT2D eigenvalue weighted by Crippen LogP contribution is 2.37. The number of aliphatic hydroxyl groups is 1. The first-order valence-electron chi connectivity index (χ1n) is 6.45. The van der Waals surface area contributed by atoms with Crippen molar-refractivity contribution < 1.29 is 27.8 Å². The van der Waals surface area contributed by atoms with Gasteiger partial charge in [0, 0.05) is 13.0 Å². The maximum Gasteiger partial charge on any atom is 0.419 e. The summed E-state index contributed by atoms with van der Waals surface area (Å²) in [5, 5.41) is 9.55. The molecule has 1 N–H and O–H groups in total. The highest BCUT2D eigenvalue weighted by atomic mass is 19.4. The highest BCUT2D eigenvalue weighted by molar-refractivity contribution is 5.79. The molecule has 0 radical (unpaired) electrons. The van der Waals surface area contributed by atoms with Gasteiger partial charge < -0.3 is 14.7 Å². The Kier molecular flexibility index (Phi) is 4.13. The second-order valence-electron chi connectivity index (χ2n) is 5.12. The smallest absolute Gasteiger partial charge is 0.419 e. The predicted octanol–water partition coefficient (Wildman–Crippen LogP) is 1.76. The minimum atomic E-state index is -4.72. The van der Waals surface area contributed by atoms with E-state index in [9.17, 15) is 23.1 Å². The number of halogens is 3. The molecule has 1 saturated heterocycles. The first kappa shape index (κ1) is 15.6. The maximum atomic E-state index is 12.7. The molecule has 0 aromatic heterocycles. The Bertz CT molecular complexity index is 515. The Hall–Kier alpha value is -1.76. The summed E-state index contributed by atoms with van der Waals surface area (Å²) >= 11 is 0. The van der Waals surface area contributed by atoms with Crippen molar-refractivity contribution in [1.82, 2.24) is 4.90 Å². The van der Waals surface area contributed by atoms with E-state index in [0.717, 1.165) is 4.90 Å². The first-order chi connectivity index (χ1) is 9.75. The number of carbonyl (C=O) groups excluding carboxylic acids is 1. The van der Waals surface area contributed by atoms with Gasteiger partial charge >= 0.3 is 6.18 Å². The molecular weight excluding hydrogens is 287 g/mol. The lowest BCUT2D eigenvalue weighted by Gasteiger charge is -2.25. The number of alkyl halides is 3. The Balaban J connectivity index is 1.98. The van der Waals surface area contributed by atoms with Crippen LogP contribution in [0.2, 0.25) is 0 Å². The van der Waals surface area contributed by atoms with Crippen LogP contribution in [0, 0.1) is 0 Å². The van der Waals surface area contributed by atoms with Gasteiger partial charge in [-0.2, -0.15) is 13.2 Å². The van der Waals surface area contributed by atoms with Crippen molar-refractivity contribution >= 4 is 5.91 Å². The number of nitrogens with zero attached hydrogens (tertiary/aromatic N) is 1. The van der Waals surface area contributed by atoms with Crippen LogP contribution in [0.15, 0.2) is 24.3 Å². The molecule has 1 aromatic carbocycles. The van der Waals surface area contributed by atoms with Gasteiger partial charge in [-0.25, -0.2) is 0 Å². The van der Waals surface area contributed by atoms with Crippen molar-refractivity contribution in [2.45, 2.75) is 24.6 Å². The van der Waals surface area contributed by atoms with Crippen LogP contribution in [-0.4, -0.2) is 47.9 Å². The molecule has 21 heavy (non-hydrogen) atoms. The van der Waals surface area contributed by atoms with Crippen LogP contribution in [0.3, 0.4) is 0 Å². The quantitative estimate of drug-likeness (QED) is 0.926. The number of benzene rings is 1. The molecule has 1 heterocycles. The van der Waals surface area contributed by atoms with Gasteiger partial charge in [-0.3, -0.25) is 4.79 Å². The highest BCUT2D eigenvalue weighted by Gasteiger charge is 2.57. The summed E-state index contributed by atoms with van der Waals surface area (Å²) in [6, 6.07) is 6.73. The van der Waals surface area contributed by atoms with E-state index in [1.807, 2.05) is 0 Å². The van der Waals surface area contributed by atoms with Crippen LogP contribution in [0.25, 0.3) is 0 Å². The van der Waals surface area contributed by atoms with Gasteiger partial charge in [0.15, 0.2) is 5.60 Å². The summed E-state index contributed by atoms with van der Waals surface area (Å²) in [6.07, 6.45) is -5.20. The Morgan fingerprint density at radius 1 is 1.38 bits per heavy atom. The molecule has 0 aliphatic carbocycles. The molecule has 0 spiro atoms. The summed E-state index contributed by atoms with van der Waals surface area (Å²) in [6.45, 7) is -0.795. The molecule has 116 valence electrons. The second kappa shape index (κ2) is 5.55. The van der Waals surface area contributed by atoms with E-state index in [0.29, 0.717) is 11.3 Å². The van der Waals surface area contributed by atoms with E-state index in [1.165, 1.54) is 7.11 Å². The van der Waals surface area contributed by atoms with Crippen LogP contribution in [0.5, 0.6) is 5.75 Å². The van der Waals surface area contributed by atoms with Gasteiger partial charge in [0.25, 0.3) is 0 Å². The van der Waals surface area contributed by atoms with E-state index in [4.69, 9.17) is 4.74 Å². The molecule has 1 aliphatic heterocycles. The third-order valence-corrected chi connectivity index (χ3v) is 3.64. The zero-order chi connectivity index (χ0) is 15.7. The molecule has 1 aliphatic rings. The molecule has 4 nitrogen and oxygen atoms in total. The lowest BCUT2D eigenvalue weighted by molar-refractivity contribution is -0.253. The average molecular weight is 303 g/mol. The number of methoxy groups -OCH3 is 1. The minimum absolute atomic E-state index is 0.00205. The van der Waals surface area contributed by atoms with Gasteiger partial charge in [-0.1, -0.05) is 12.1 Å². The van der Waals surface area contributed by atoms with Crippen LogP contribution >= 0.6 is 0 Å². The fourth-order valence-corrected chi connectivity index (χ4v) is 2.27. The van der Waals surface area contributed by atoms with Gasteiger partial charge in [0.1, 0.15) is 5.75 Å². The van der Waals surface area contributed by atoms with Crippen LogP contribution < -0.4 is 4.74 Å². The first-order valence-corrected chi connectivity index (χ1v) is 6.45. The van der Waals surface area contributed by atoms with Gasteiger partial charge in [0.05, 0.1) is 20.1 Å². The summed E-state index contributed by atoms with van der Waals surface area (Å²) in [4.78, 5) is 13.1. The van der Waals surface area contributed by atoms with Crippen molar-refractivity contribution in [2.75, 3.05) is 20.2 Å². The van der Waals surface area contributed by atoms with Crippen molar-refractivity contribution in [3.05, 3.63) is 29.8 Å². The molecule has 0 saturated carbocycles. The predicted molar refractivity (Wildman–Crippen MR) is 68.9 cm³/mol. The Morgan fingerprint density at radius 3 is 2.48 bits per heavy atom. The number of hydrogen-bond acceptors (Lipinski definition) is 3. The third kappa shape index (κ3) is 3.29. The lowest BCUT2D eigenvalue weighted by atomic mass is 10.0. The normalized spacial score (nSPS) is 22.4. The van der Waals surface area contributed by atoms with Crippen molar-refractivity contribution in [3.63, 3.8) is 0 Å². The zero-order valence-corrected chi connectivity index (χ0v) is 11.5. The molecular formula is C14H16F3NO3. The van der Waals surface area contributed by atoms with Crippen molar-refractivity contribution in [2.24, 2.45) is 0 Å². The maximum absolute atomic E-state index is 12.7. The van der Waals surface area contributed by atoms with E-state index in [-0.39, 0.29) is 13.0 Å². The third-order valence-electron chi connectivity index (χ3n) is 3.64. The molecule has 0 bridgehead atoms. The standard InChI is InChI=1S/C14H16F3NO3/c1-21-11-4-2-10(3-5-11)8-12(19)18-7-6-13(20,9-18)14(15,16)17/h2-5,20H,6-9H2,1H3/t13-/m1/s1. The minimum Gasteiger partial charge on any atom is -0.497 e. The Labute approximate surface area is 120 Å². The number of likely N-dealkylation sites (tertiary alicyclic amines) is 1. The van der Waals surface area contributed by atoms with Crippen molar-refractivity contribution in [3.8, 4) is 5.75 Å². The number of rotatable bonds is 3. The van der Waals surface area contributed by atoms with Crippen molar-refractivity contribution in [1.29, 1.82) is 0 Å². The monoisotopic (exact) mass is 303 g/mol. The van der Waals surface area contributed by atoms with Gasteiger partial charge in [-0.05, 0) is 17.7 Å². The largest absolute Gasteiger partial charge is 0.497 e. The molecule has 2 rings (SSSR count). The molecule has 1 amide bonds. The summed E-state index contributed by atoms with van der Waals surface area (Å²) in [5.74, 6) is 0.208. The molecule has 1 fully saturated rings. The zero-order valence-electron chi connectivity index (χ0n) is 11.5. The fourth-order valence-electron chi connectivity index (χ4n) is 2.27. The fraction of sp³-hybridized carbons (Fsp3) is 0.500. The van der Waals surface area contributed by atoms with Crippen LogP contribution in [0.4, 0.5) is 13.2 Å². The number of ether oxygens (including phenoxy) is 1. The van der Waals surface area contributed by atoms with Crippen LogP contribution in [0.1, 0.15) is 12.0 Å². The topological polar surface area (TPSA) is 49.8 Å². The van der Waals surface area contributed by atoms with E-state index in [1.54, 1.807) is 24.3 Å². The van der Waals surface area contributed by atoms with E-state index in [2.05, 4.69) is 0 Å². The molecule has 1 aromatic rings. The lowest BCUT2D eigenvalue weighted by Crippen LogP contribution is -2.48. The van der Waals surface area contributed by atoms with Crippen LogP contribution in [-0.2, 0) is 11.2 Å². The molecule has 0 unspecified atom stereocenters. The van der Waals surface area contributed by atoms with Gasteiger partial charge in [-0.15, -0.1) is 0 Å². The SMILES string of the molecule is COc1ccc(CC(=O)N2CC[C@](O)(C(F)(F)F)C2)cc1. The molecule has 1 atom stereocenters. The number of carbonyl (C=O) groups is 1. The number of β-amino-alcohol motifs (C(OH)–C–C–N with tert-alkyl or cyclic N) is 1. The second-order valence-corrected chi connectivity index (χ2v) is 5.12. The van der Waals surface area contributed by atoms with E-state index < -0.39 is 30.7 Å².